The zero-order chi connectivity index (χ0) is 25.3. The fourth-order valence-corrected chi connectivity index (χ4v) is 5.56. The Bertz CT molecular complexity index is 1270. The van der Waals surface area contributed by atoms with Gasteiger partial charge in [-0.2, -0.15) is 4.98 Å². The number of aromatic nitrogens is 3. The van der Waals surface area contributed by atoms with E-state index in [0.29, 0.717) is 37.5 Å². The molecule has 3 aromatic rings. The molecule has 0 bridgehead atoms. The normalized spacial score (nSPS) is 15.8. The smallest absolute Gasteiger partial charge is 0.275 e. The maximum Gasteiger partial charge on any atom is 0.275 e. The van der Waals surface area contributed by atoms with Crippen LogP contribution in [-0.4, -0.2) is 43.5 Å². The molecule has 1 aromatic carbocycles. The summed E-state index contributed by atoms with van der Waals surface area (Å²) in [6, 6.07) is 5.97. The third kappa shape index (κ3) is 4.63. The Morgan fingerprint density at radius 3 is 2.40 bits per heavy atom. The quantitative estimate of drug-likeness (QED) is 0.489. The molecular formula is C27H34N4O3S. The molecule has 35 heavy (non-hydrogen) atoms. The fourth-order valence-electron chi connectivity index (χ4n) is 4.74. The molecule has 0 aliphatic carbocycles. The summed E-state index contributed by atoms with van der Waals surface area (Å²) in [5.74, 6) is -0.0934. The largest absolute Gasteiger partial charge is 0.493 e. The Morgan fingerprint density at radius 2 is 1.86 bits per heavy atom. The molecule has 7 nitrogen and oxygen atoms in total. The maximum atomic E-state index is 14.1. The molecule has 0 saturated carbocycles. The van der Waals surface area contributed by atoms with Gasteiger partial charge >= 0.3 is 0 Å². The number of likely N-dealkylation sites (tertiary alicyclic amines) is 1. The van der Waals surface area contributed by atoms with Crippen LogP contribution in [0.1, 0.15) is 79.9 Å². The van der Waals surface area contributed by atoms with Crippen LogP contribution in [0, 0.1) is 5.92 Å². The topological polar surface area (TPSA) is 88.3 Å². The van der Waals surface area contributed by atoms with E-state index in [4.69, 9.17) is 4.98 Å². The van der Waals surface area contributed by atoms with Gasteiger partial charge in [0.05, 0.1) is 10.7 Å². The molecule has 0 unspecified atom stereocenters. The summed E-state index contributed by atoms with van der Waals surface area (Å²) in [6.45, 7) is 11.5. The molecular weight excluding hydrogens is 460 g/mol. The minimum atomic E-state index is -0.549. The Hall–Kier alpha value is -3.00. The highest BCUT2D eigenvalue weighted by Crippen LogP contribution is 2.31. The average molecular weight is 495 g/mol. The number of aromatic hydroxyl groups is 1. The predicted octanol–water partition coefficient (Wildman–Crippen LogP) is 5.18. The minimum absolute atomic E-state index is 0.221. The van der Waals surface area contributed by atoms with Gasteiger partial charge in [-0.25, -0.2) is 4.98 Å². The van der Waals surface area contributed by atoms with Crippen molar-refractivity contribution >= 4 is 17.2 Å². The van der Waals surface area contributed by atoms with Gasteiger partial charge in [0.15, 0.2) is 11.4 Å². The van der Waals surface area contributed by atoms with Gasteiger partial charge in [-0.05, 0) is 36.3 Å². The standard InChI is InChI=1S/C27H34N4O3S/c1-6-17-12-13-30(14-17)26(33)21-24(32)29-23(20-15-35-25(28-20)16(4)5)31(27(21)34)22-18(7-2)10-9-11-19(22)8-3/h9-11,15-17,32H,6-8,12-14H2,1-5H3/t17-/m1/s1. The van der Waals surface area contributed by atoms with Crippen molar-refractivity contribution in [3.05, 3.63) is 55.6 Å². The van der Waals surface area contributed by atoms with E-state index in [2.05, 4.69) is 25.8 Å². The van der Waals surface area contributed by atoms with Crippen molar-refractivity contribution in [1.29, 1.82) is 0 Å². The lowest BCUT2D eigenvalue weighted by atomic mass is 10.0. The number of nitrogens with zero attached hydrogens (tertiary/aromatic N) is 4. The lowest BCUT2D eigenvalue weighted by molar-refractivity contribution is 0.0780. The number of rotatable bonds is 7. The van der Waals surface area contributed by atoms with Gasteiger partial charge in [0, 0.05) is 24.4 Å². The first kappa shape index (κ1) is 25.1. The van der Waals surface area contributed by atoms with E-state index < -0.39 is 17.3 Å². The summed E-state index contributed by atoms with van der Waals surface area (Å²) in [7, 11) is 0. The van der Waals surface area contributed by atoms with Crippen molar-refractivity contribution in [1.82, 2.24) is 19.4 Å². The molecule has 1 aliphatic heterocycles. The monoisotopic (exact) mass is 494 g/mol. The van der Waals surface area contributed by atoms with Crippen molar-refractivity contribution in [2.24, 2.45) is 5.92 Å². The van der Waals surface area contributed by atoms with Crippen LogP contribution in [0.3, 0.4) is 0 Å². The first-order chi connectivity index (χ1) is 16.8. The number of hydrogen-bond donors (Lipinski definition) is 1. The van der Waals surface area contributed by atoms with Gasteiger partial charge < -0.3 is 10.0 Å². The van der Waals surface area contributed by atoms with E-state index in [1.165, 1.54) is 15.9 Å². The van der Waals surface area contributed by atoms with Crippen molar-refractivity contribution in [2.45, 2.75) is 66.2 Å². The average Bonchev–Trinajstić information content (AvgIpc) is 3.53. The summed E-state index contributed by atoms with van der Waals surface area (Å²) in [6.07, 6.45) is 3.29. The highest BCUT2D eigenvalue weighted by Gasteiger charge is 2.32. The van der Waals surface area contributed by atoms with Crippen LogP contribution in [0.4, 0.5) is 0 Å². The Morgan fingerprint density at radius 1 is 1.17 bits per heavy atom. The van der Waals surface area contributed by atoms with E-state index in [1.807, 2.05) is 37.4 Å². The van der Waals surface area contributed by atoms with Crippen molar-refractivity contribution in [2.75, 3.05) is 13.1 Å². The third-order valence-electron chi connectivity index (χ3n) is 6.86. The van der Waals surface area contributed by atoms with Crippen LogP contribution in [0.5, 0.6) is 5.88 Å². The first-order valence-corrected chi connectivity index (χ1v) is 13.4. The van der Waals surface area contributed by atoms with E-state index in [1.54, 1.807) is 4.90 Å². The van der Waals surface area contributed by atoms with Crippen molar-refractivity contribution < 1.29 is 9.90 Å². The van der Waals surface area contributed by atoms with Crippen molar-refractivity contribution in [3.63, 3.8) is 0 Å². The van der Waals surface area contributed by atoms with Crippen LogP contribution in [0.25, 0.3) is 17.2 Å². The number of para-hydroxylation sites is 1. The number of amides is 1. The molecule has 3 heterocycles. The van der Waals surface area contributed by atoms with Crippen LogP contribution in [0.15, 0.2) is 28.4 Å². The van der Waals surface area contributed by atoms with E-state index in [-0.39, 0.29) is 17.3 Å². The second-order valence-electron chi connectivity index (χ2n) is 9.45. The van der Waals surface area contributed by atoms with Gasteiger partial charge in [0.1, 0.15) is 5.69 Å². The molecule has 1 fully saturated rings. The maximum absolute atomic E-state index is 14.1. The van der Waals surface area contributed by atoms with Gasteiger partial charge in [-0.15, -0.1) is 11.3 Å². The molecule has 1 atom stereocenters. The Balaban J connectivity index is 1.99. The molecule has 1 N–H and O–H groups in total. The molecule has 1 amide bonds. The highest BCUT2D eigenvalue weighted by molar-refractivity contribution is 7.10. The number of carbonyl (C=O) groups is 1. The molecule has 1 saturated heterocycles. The third-order valence-corrected chi connectivity index (χ3v) is 8.01. The fraction of sp³-hybridized carbons (Fsp3) is 0.481. The molecule has 0 radical (unpaired) electrons. The van der Waals surface area contributed by atoms with Gasteiger partial charge in [-0.1, -0.05) is 59.2 Å². The molecule has 4 rings (SSSR count). The van der Waals surface area contributed by atoms with Gasteiger partial charge in [-0.3, -0.25) is 14.2 Å². The first-order valence-electron chi connectivity index (χ1n) is 12.5. The van der Waals surface area contributed by atoms with E-state index in [9.17, 15) is 14.7 Å². The number of thiazole rings is 1. The lowest BCUT2D eigenvalue weighted by Gasteiger charge is -2.21. The molecule has 2 aromatic heterocycles. The van der Waals surface area contributed by atoms with E-state index >= 15 is 0 Å². The zero-order valence-corrected chi connectivity index (χ0v) is 22.0. The zero-order valence-electron chi connectivity index (χ0n) is 21.2. The number of benzene rings is 1. The molecule has 186 valence electrons. The number of carbonyl (C=O) groups excluding carboxylic acids is 1. The summed E-state index contributed by atoms with van der Waals surface area (Å²) in [4.78, 5) is 38.4. The Labute approximate surface area is 210 Å². The van der Waals surface area contributed by atoms with Gasteiger partial charge in [0.25, 0.3) is 11.5 Å². The predicted molar refractivity (Wildman–Crippen MR) is 140 cm³/mol. The number of aryl methyl sites for hydroxylation is 2. The lowest BCUT2D eigenvalue weighted by Crippen LogP contribution is -2.36. The summed E-state index contributed by atoms with van der Waals surface area (Å²) in [5.41, 5.74) is 2.39. The van der Waals surface area contributed by atoms with Crippen molar-refractivity contribution in [3.8, 4) is 23.1 Å². The summed E-state index contributed by atoms with van der Waals surface area (Å²) < 4.78 is 1.51. The molecule has 8 heteroatoms. The van der Waals surface area contributed by atoms with Crippen LogP contribution >= 0.6 is 11.3 Å². The molecule has 0 spiro atoms. The summed E-state index contributed by atoms with van der Waals surface area (Å²) in [5, 5.41) is 13.7. The SMILES string of the molecule is CCc1cccc(CC)c1-n1c(-c2csc(C(C)C)n2)nc(O)c(C(=O)N2CC[C@@H](CC)C2)c1=O. The second kappa shape index (κ2) is 10.3. The van der Waals surface area contributed by atoms with Gasteiger partial charge in [0.2, 0.25) is 5.88 Å². The Kier molecular flexibility index (Phi) is 7.40. The highest BCUT2D eigenvalue weighted by atomic mass is 32.1. The van der Waals surface area contributed by atoms with Crippen LogP contribution < -0.4 is 5.56 Å². The van der Waals surface area contributed by atoms with Crippen LogP contribution in [-0.2, 0) is 12.8 Å². The number of hydrogen-bond acceptors (Lipinski definition) is 6. The summed E-state index contributed by atoms with van der Waals surface area (Å²) >= 11 is 1.50. The minimum Gasteiger partial charge on any atom is -0.493 e. The second-order valence-corrected chi connectivity index (χ2v) is 10.3. The van der Waals surface area contributed by atoms with E-state index in [0.717, 1.165) is 34.7 Å². The molecule has 1 aliphatic rings. The van der Waals surface area contributed by atoms with Crippen LogP contribution in [0.2, 0.25) is 0 Å².